The fourth-order valence-corrected chi connectivity index (χ4v) is 6.60. The molecule has 11 heteroatoms. The van der Waals surface area contributed by atoms with Crippen LogP contribution in [0.2, 0.25) is 0 Å². The number of carbonyl (C=O) groups excluding carboxylic acids is 2. The van der Waals surface area contributed by atoms with Crippen molar-refractivity contribution in [2.45, 2.75) is 62.6 Å². The molecule has 1 atom stereocenters. The van der Waals surface area contributed by atoms with E-state index in [9.17, 15) is 22.4 Å². The van der Waals surface area contributed by atoms with E-state index >= 15 is 0 Å². The van der Waals surface area contributed by atoms with Gasteiger partial charge in [0.2, 0.25) is 11.8 Å². The fourth-order valence-electron chi connectivity index (χ4n) is 5.17. The summed E-state index contributed by atoms with van der Waals surface area (Å²) in [5.74, 6) is -0.776. The van der Waals surface area contributed by atoms with Crippen LogP contribution in [0.1, 0.15) is 44.6 Å². The van der Waals surface area contributed by atoms with Gasteiger partial charge < -0.3 is 19.7 Å². The first kappa shape index (κ1) is 31.8. The maximum Gasteiger partial charge on any atom is 0.264 e. The smallest absolute Gasteiger partial charge is 0.264 e. The summed E-state index contributed by atoms with van der Waals surface area (Å²) < 4.78 is 53.4. The summed E-state index contributed by atoms with van der Waals surface area (Å²) in [5.41, 5.74) is 0.868. The van der Waals surface area contributed by atoms with Crippen molar-refractivity contribution >= 4 is 27.5 Å². The highest BCUT2D eigenvalue weighted by Crippen LogP contribution is 2.32. The molecule has 1 fully saturated rings. The number of sulfonamides is 1. The molecule has 0 heterocycles. The molecule has 2 amide bonds. The number of ether oxygens (including phenoxy) is 2. The van der Waals surface area contributed by atoms with Crippen molar-refractivity contribution in [1.82, 2.24) is 10.2 Å². The van der Waals surface area contributed by atoms with Gasteiger partial charge >= 0.3 is 0 Å². The van der Waals surface area contributed by atoms with Gasteiger partial charge in [0.05, 0.1) is 24.8 Å². The molecular weight excluding hydrogens is 573 g/mol. The maximum atomic E-state index is 14.1. The summed E-state index contributed by atoms with van der Waals surface area (Å²) in [4.78, 5) is 28.7. The van der Waals surface area contributed by atoms with Crippen LogP contribution in [-0.2, 0) is 26.2 Å². The molecule has 0 radical (unpaired) electrons. The molecule has 0 aliphatic heterocycles. The first-order valence-corrected chi connectivity index (χ1v) is 15.7. The molecule has 3 aromatic rings. The Balaban J connectivity index is 1.68. The number of carbonyl (C=O) groups is 2. The van der Waals surface area contributed by atoms with Crippen LogP contribution in [0.4, 0.5) is 10.1 Å². The van der Waals surface area contributed by atoms with Crippen molar-refractivity contribution in [3.05, 3.63) is 84.2 Å². The van der Waals surface area contributed by atoms with Gasteiger partial charge in [-0.05, 0) is 61.7 Å². The van der Waals surface area contributed by atoms with Crippen LogP contribution in [0.15, 0.2) is 77.7 Å². The molecule has 1 aliphatic rings. The molecule has 0 saturated heterocycles. The number of hydrogen-bond acceptors (Lipinski definition) is 6. The average Bonchev–Trinajstić information content (AvgIpc) is 3.03. The molecule has 1 N–H and O–H groups in total. The minimum atomic E-state index is -4.29. The Morgan fingerprint density at radius 1 is 0.930 bits per heavy atom. The number of anilines is 1. The third-order valence-corrected chi connectivity index (χ3v) is 9.42. The monoisotopic (exact) mass is 611 g/mol. The van der Waals surface area contributed by atoms with E-state index in [0.29, 0.717) is 11.3 Å². The zero-order valence-electron chi connectivity index (χ0n) is 24.7. The van der Waals surface area contributed by atoms with Gasteiger partial charge in [-0.1, -0.05) is 49.6 Å². The van der Waals surface area contributed by atoms with Crippen LogP contribution in [0, 0.1) is 5.82 Å². The highest BCUT2D eigenvalue weighted by molar-refractivity contribution is 7.92. The molecule has 0 unspecified atom stereocenters. The number of amides is 2. The summed E-state index contributed by atoms with van der Waals surface area (Å²) in [6.45, 7) is 1.02. The van der Waals surface area contributed by atoms with E-state index in [-0.39, 0.29) is 34.8 Å². The zero-order valence-corrected chi connectivity index (χ0v) is 25.5. The Morgan fingerprint density at radius 3 is 2.21 bits per heavy atom. The van der Waals surface area contributed by atoms with Crippen LogP contribution in [0.3, 0.4) is 0 Å². The predicted molar refractivity (Wildman–Crippen MR) is 162 cm³/mol. The molecule has 4 rings (SSSR count). The van der Waals surface area contributed by atoms with Crippen molar-refractivity contribution in [2.24, 2.45) is 0 Å². The average molecular weight is 612 g/mol. The lowest BCUT2D eigenvalue weighted by Gasteiger charge is -2.33. The second-order valence-corrected chi connectivity index (χ2v) is 12.4. The molecular formula is C32H38FN3O6S. The lowest BCUT2D eigenvalue weighted by molar-refractivity contribution is -0.139. The normalized spacial score (nSPS) is 14.4. The van der Waals surface area contributed by atoms with E-state index in [0.717, 1.165) is 36.4 Å². The number of nitrogens with one attached hydrogen (secondary N) is 1. The number of benzene rings is 3. The Hall–Kier alpha value is -4.12. The van der Waals surface area contributed by atoms with Crippen LogP contribution in [-0.4, -0.2) is 58.0 Å². The highest BCUT2D eigenvalue weighted by atomic mass is 32.2. The van der Waals surface area contributed by atoms with Crippen molar-refractivity contribution in [1.29, 1.82) is 0 Å². The van der Waals surface area contributed by atoms with Crippen LogP contribution < -0.4 is 19.1 Å². The number of nitrogens with zero attached hydrogens (tertiary/aromatic N) is 2. The van der Waals surface area contributed by atoms with E-state index < -0.39 is 34.3 Å². The third kappa shape index (κ3) is 7.84. The van der Waals surface area contributed by atoms with E-state index in [1.54, 1.807) is 37.3 Å². The van der Waals surface area contributed by atoms with Gasteiger partial charge in [0.15, 0.2) is 11.5 Å². The van der Waals surface area contributed by atoms with Crippen LogP contribution >= 0.6 is 0 Å². The van der Waals surface area contributed by atoms with Crippen molar-refractivity contribution in [3.63, 3.8) is 0 Å². The summed E-state index contributed by atoms with van der Waals surface area (Å²) >= 11 is 0. The van der Waals surface area contributed by atoms with Gasteiger partial charge in [0.1, 0.15) is 18.4 Å². The molecule has 1 aliphatic carbocycles. The summed E-state index contributed by atoms with van der Waals surface area (Å²) in [7, 11) is -1.44. The number of rotatable bonds is 12. The Bertz CT molecular complexity index is 1500. The first-order chi connectivity index (χ1) is 20.6. The molecule has 0 aromatic heterocycles. The third-order valence-electron chi connectivity index (χ3n) is 7.65. The molecule has 0 spiro atoms. The fraction of sp³-hybridized carbons (Fsp3) is 0.375. The van der Waals surface area contributed by atoms with Gasteiger partial charge in [-0.25, -0.2) is 12.8 Å². The van der Waals surface area contributed by atoms with Gasteiger partial charge in [-0.3, -0.25) is 13.9 Å². The van der Waals surface area contributed by atoms with E-state index in [1.165, 1.54) is 61.6 Å². The second-order valence-electron chi connectivity index (χ2n) is 10.5. The molecule has 230 valence electrons. The lowest BCUT2D eigenvalue weighted by atomic mass is 9.95. The highest BCUT2D eigenvalue weighted by Gasteiger charge is 2.33. The molecule has 3 aromatic carbocycles. The summed E-state index contributed by atoms with van der Waals surface area (Å²) in [6, 6.07) is 17.2. The molecule has 9 nitrogen and oxygen atoms in total. The van der Waals surface area contributed by atoms with Crippen LogP contribution in [0.5, 0.6) is 11.5 Å². The van der Waals surface area contributed by atoms with Gasteiger partial charge in [-0.2, -0.15) is 0 Å². The predicted octanol–water partition coefficient (Wildman–Crippen LogP) is 4.90. The second kappa shape index (κ2) is 14.4. The topological polar surface area (TPSA) is 105 Å². The number of para-hydroxylation sites is 1. The minimum Gasteiger partial charge on any atom is -0.493 e. The molecule has 1 saturated carbocycles. The van der Waals surface area contributed by atoms with E-state index in [4.69, 9.17) is 9.47 Å². The Kier molecular flexibility index (Phi) is 10.6. The van der Waals surface area contributed by atoms with Gasteiger partial charge in [-0.15, -0.1) is 0 Å². The summed E-state index contributed by atoms with van der Waals surface area (Å²) in [5, 5.41) is 3.06. The number of methoxy groups -OCH3 is 2. The Labute approximate surface area is 252 Å². The number of halogens is 1. The van der Waals surface area contributed by atoms with Crippen LogP contribution in [0.25, 0.3) is 0 Å². The van der Waals surface area contributed by atoms with E-state index in [1.807, 2.05) is 0 Å². The number of hydrogen-bond donors (Lipinski definition) is 1. The summed E-state index contributed by atoms with van der Waals surface area (Å²) in [6.07, 6.45) is 4.92. The van der Waals surface area contributed by atoms with Crippen molar-refractivity contribution < 1.29 is 31.9 Å². The largest absolute Gasteiger partial charge is 0.493 e. The first-order valence-electron chi connectivity index (χ1n) is 14.3. The maximum absolute atomic E-state index is 14.1. The van der Waals surface area contributed by atoms with Crippen molar-refractivity contribution in [2.75, 3.05) is 25.1 Å². The molecule has 43 heavy (non-hydrogen) atoms. The Morgan fingerprint density at radius 2 is 1.58 bits per heavy atom. The zero-order chi connectivity index (χ0) is 31.0. The SMILES string of the molecule is COc1ccc(S(=O)(=O)N(CC(=O)N(Cc2ccc(F)cc2)[C@H](C)C(=O)NC2CCCCC2)c2ccccc2)cc1OC. The van der Waals surface area contributed by atoms with Gasteiger partial charge in [0.25, 0.3) is 10.0 Å². The standard InChI is InChI=1S/C32H38FN3O6S/c1-23(32(38)34-26-10-6-4-7-11-26)35(21-24-14-16-25(33)17-15-24)31(37)22-36(27-12-8-5-9-13-27)43(39,40)28-18-19-29(41-2)30(20-28)42-3/h5,8-9,12-20,23,26H,4,6-7,10-11,21-22H2,1-3H3,(H,34,38)/t23-/m1/s1. The quantitative estimate of drug-likeness (QED) is 0.312. The van der Waals surface area contributed by atoms with E-state index in [2.05, 4.69) is 5.32 Å². The molecule has 0 bridgehead atoms. The van der Waals surface area contributed by atoms with Gasteiger partial charge in [0, 0.05) is 18.7 Å². The lowest BCUT2D eigenvalue weighted by Crippen LogP contribution is -2.53. The minimum absolute atomic E-state index is 0.0165. The van der Waals surface area contributed by atoms with Crippen molar-refractivity contribution in [3.8, 4) is 11.5 Å².